The molecule has 7 nitrogen and oxygen atoms in total. The van der Waals surface area contributed by atoms with E-state index in [4.69, 9.17) is 21.1 Å². The van der Waals surface area contributed by atoms with E-state index in [-0.39, 0.29) is 0 Å². The molecule has 3 aromatic rings. The molecule has 0 saturated heterocycles. The summed E-state index contributed by atoms with van der Waals surface area (Å²) in [6.45, 7) is 11.6. The van der Waals surface area contributed by atoms with Crippen molar-refractivity contribution in [1.29, 1.82) is 0 Å². The first kappa shape index (κ1) is 30.7. The van der Waals surface area contributed by atoms with Gasteiger partial charge in [0.2, 0.25) is 0 Å². The van der Waals surface area contributed by atoms with Crippen molar-refractivity contribution in [2.45, 2.75) is 72.3 Å². The lowest BCUT2D eigenvalue weighted by Crippen LogP contribution is -2.21. The zero-order valence-corrected chi connectivity index (χ0v) is 24.7. The number of ether oxygens (including phenoxy) is 1. The first-order valence-corrected chi connectivity index (χ1v) is 13.9. The molecule has 2 aromatic carbocycles. The summed E-state index contributed by atoms with van der Waals surface area (Å²) in [6.07, 6.45) is 7.20. The topological polar surface area (TPSA) is 90.7 Å². The lowest BCUT2D eigenvalue weighted by Gasteiger charge is -2.15. The van der Waals surface area contributed by atoms with Gasteiger partial charge in [0.25, 0.3) is 0 Å². The summed E-state index contributed by atoms with van der Waals surface area (Å²) in [5.41, 5.74) is 4.98. The Kier molecular flexibility index (Phi) is 10.7. The van der Waals surface area contributed by atoms with Crippen LogP contribution in [0.5, 0.6) is 0 Å². The fourth-order valence-corrected chi connectivity index (χ4v) is 4.62. The lowest BCUT2D eigenvalue weighted by atomic mass is 9.93. The van der Waals surface area contributed by atoms with Crippen LogP contribution in [0.3, 0.4) is 0 Å². The van der Waals surface area contributed by atoms with E-state index in [1.165, 1.54) is 0 Å². The predicted octanol–water partition coefficient (Wildman–Crippen LogP) is 8.92. The van der Waals surface area contributed by atoms with Gasteiger partial charge < -0.3 is 13.5 Å². The number of aromatic nitrogens is 1. The molecule has 1 unspecified atom stereocenters. The van der Waals surface area contributed by atoms with Gasteiger partial charge in [-0.2, -0.15) is 0 Å². The number of hydrogen-bond donors (Lipinski definition) is 1. The van der Waals surface area contributed by atoms with Crippen molar-refractivity contribution in [3.05, 3.63) is 83.6 Å². The number of halogens is 1. The van der Waals surface area contributed by atoms with Crippen LogP contribution < -0.4 is 5.32 Å². The minimum Gasteiger partial charge on any atom is -0.441 e. The molecule has 0 spiro atoms. The highest BCUT2D eigenvalue weighted by molar-refractivity contribution is 6.14. The Bertz CT molecular complexity index is 1350. The fraction of sp³-hybridized carbons (Fsp3) is 0.344. The molecule has 1 heterocycles. The van der Waals surface area contributed by atoms with Crippen LogP contribution in [0.15, 0.2) is 76.9 Å². The minimum atomic E-state index is -0.614. The second-order valence-electron chi connectivity index (χ2n) is 9.36. The normalized spacial score (nSPS) is 14.6. The molecule has 1 saturated carbocycles. The standard InChI is InChI=1S/C30H31ClN2O5.C2H6/c1-5-7-21(8-6-2)20(4)36-29(35)32-26-19(3)33-38-27(26)24-11-9-22(10-12-24)23-13-15-25(16-14-23)30(17-18-30)28(34)37-31;1-2/h5,7-16,20H,6,17-18H2,1-4H3,(H,32,35);1-2H3/b7-5-,21-8+;. The van der Waals surface area contributed by atoms with Gasteiger partial charge in [0.05, 0.1) is 5.41 Å². The highest BCUT2D eigenvalue weighted by Gasteiger charge is 2.53. The van der Waals surface area contributed by atoms with Crippen LogP contribution in [0.25, 0.3) is 22.5 Å². The molecule has 0 bridgehead atoms. The van der Waals surface area contributed by atoms with Gasteiger partial charge in [0.15, 0.2) is 5.76 Å². The van der Waals surface area contributed by atoms with Crippen molar-refractivity contribution in [2.75, 3.05) is 5.32 Å². The second kappa shape index (κ2) is 14.0. The third-order valence-electron chi connectivity index (χ3n) is 6.77. The third-order valence-corrected chi connectivity index (χ3v) is 6.91. The number of amides is 1. The minimum absolute atomic E-state index is 0.406. The zero-order valence-electron chi connectivity index (χ0n) is 23.9. The predicted molar refractivity (Wildman–Crippen MR) is 159 cm³/mol. The fourth-order valence-electron chi connectivity index (χ4n) is 4.48. The Morgan fingerprint density at radius 2 is 1.65 bits per heavy atom. The van der Waals surface area contributed by atoms with Crippen LogP contribution in [0.2, 0.25) is 0 Å². The van der Waals surface area contributed by atoms with E-state index in [0.717, 1.165) is 47.1 Å². The summed E-state index contributed by atoms with van der Waals surface area (Å²) in [5.74, 6) is 0.0408. The van der Waals surface area contributed by atoms with Crippen molar-refractivity contribution in [1.82, 2.24) is 5.16 Å². The number of allylic oxidation sites excluding steroid dienone is 2. The van der Waals surface area contributed by atoms with Gasteiger partial charge in [-0.15, -0.1) is 0 Å². The molecule has 40 heavy (non-hydrogen) atoms. The number of carbonyl (C=O) groups excluding carboxylic acids is 2. The number of anilines is 1. The van der Waals surface area contributed by atoms with Gasteiger partial charge in [-0.3, -0.25) is 5.32 Å². The first-order valence-electron chi connectivity index (χ1n) is 13.6. The molecule has 1 aliphatic carbocycles. The van der Waals surface area contributed by atoms with E-state index >= 15 is 0 Å². The van der Waals surface area contributed by atoms with Crippen LogP contribution in [0.4, 0.5) is 10.5 Å². The van der Waals surface area contributed by atoms with Crippen molar-refractivity contribution in [2.24, 2.45) is 0 Å². The van der Waals surface area contributed by atoms with Crippen molar-refractivity contribution in [3.63, 3.8) is 0 Å². The third kappa shape index (κ3) is 6.83. The Labute approximate surface area is 241 Å². The van der Waals surface area contributed by atoms with Crippen molar-refractivity contribution >= 4 is 29.6 Å². The number of rotatable bonds is 9. The maximum absolute atomic E-state index is 12.7. The maximum atomic E-state index is 12.7. The van der Waals surface area contributed by atoms with E-state index in [1.807, 2.05) is 101 Å². The Morgan fingerprint density at radius 1 is 1.07 bits per heavy atom. The van der Waals surface area contributed by atoms with Crippen LogP contribution >= 0.6 is 11.9 Å². The molecule has 8 heteroatoms. The van der Waals surface area contributed by atoms with Crippen molar-refractivity contribution < 1.29 is 23.1 Å². The average Bonchev–Trinajstić information content (AvgIpc) is 3.72. The van der Waals surface area contributed by atoms with E-state index in [9.17, 15) is 9.59 Å². The van der Waals surface area contributed by atoms with E-state index in [1.54, 1.807) is 6.92 Å². The van der Waals surface area contributed by atoms with Gasteiger partial charge in [-0.25, -0.2) is 9.59 Å². The Balaban J connectivity index is 0.00000216. The van der Waals surface area contributed by atoms with Gasteiger partial charge in [0.1, 0.15) is 29.4 Å². The molecule has 1 amide bonds. The molecule has 0 radical (unpaired) electrons. The molecular formula is C32H37ClN2O5. The smallest absolute Gasteiger partial charge is 0.412 e. The number of hydrogen-bond acceptors (Lipinski definition) is 6. The Morgan fingerprint density at radius 3 is 2.17 bits per heavy atom. The van der Waals surface area contributed by atoms with Crippen LogP contribution in [-0.4, -0.2) is 23.3 Å². The van der Waals surface area contributed by atoms with Crippen molar-refractivity contribution in [3.8, 4) is 22.5 Å². The molecule has 1 fully saturated rings. The van der Waals surface area contributed by atoms with Gasteiger partial charge in [-0.1, -0.05) is 92.7 Å². The van der Waals surface area contributed by atoms with Crippen LogP contribution in [0, 0.1) is 6.92 Å². The van der Waals surface area contributed by atoms with Gasteiger partial charge in [-0.05, 0) is 62.3 Å². The van der Waals surface area contributed by atoms with Gasteiger partial charge >= 0.3 is 12.1 Å². The molecular weight excluding hydrogens is 528 g/mol. The van der Waals surface area contributed by atoms with E-state index in [0.29, 0.717) is 17.1 Å². The molecule has 1 aliphatic rings. The molecule has 1 N–H and O–H groups in total. The molecule has 4 rings (SSSR count). The van der Waals surface area contributed by atoms with Crippen LogP contribution in [-0.2, 0) is 19.2 Å². The number of nitrogens with one attached hydrogen (secondary N) is 1. The summed E-state index contributed by atoms with van der Waals surface area (Å²) in [4.78, 5) is 24.7. The summed E-state index contributed by atoms with van der Waals surface area (Å²) < 4.78 is 15.6. The summed E-state index contributed by atoms with van der Waals surface area (Å²) in [6, 6.07) is 15.6. The second-order valence-corrected chi connectivity index (χ2v) is 9.51. The molecule has 0 aliphatic heterocycles. The van der Waals surface area contributed by atoms with Crippen LogP contribution in [0.1, 0.15) is 65.1 Å². The number of carbonyl (C=O) groups is 2. The largest absolute Gasteiger partial charge is 0.441 e. The number of aryl methyl sites for hydroxylation is 1. The highest BCUT2D eigenvalue weighted by Crippen LogP contribution is 2.49. The lowest BCUT2D eigenvalue weighted by molar-refractivity contribution is -0.136. The Hall–Kier alpha value is -3.84. The van der Waals surface area contributed by atoms with E-state index < -0.39 is 23.6 Å². The maximum Gasteiger partial charge on any atom is 0.412 e. The van der Waals surface area contributed by atoms with E-state index in [2.05, 4.69) is 14.8 Å². The first-order chi connectivity index (χ1) is 19.3. The van der Waals surface area contributed by atoms with Gasteiger partial charge in [0, 0.05) is 5.56 Å². The quantitative estimate of drug-likeness (QED) is 0.261. The summed E-state index contributed by atoms with van der Waals surface area (Å²) >= 11 is 5.32. The number of benzene rings is 2. The SMILES string of the molecule is C/C=C\C(=C/CC)C(C)OC(=O)Nc1c(C)noc1-c1ccc(-c2ccc(C3(C(=O)OCl)CC3)cc2)cc1.CC. The molecule has 212 valence electrons. The highest BCUT2D eigenvalue weighted by atomic mass is 35.5. The number of nitrogens with zero attached hydrogens (tertiary/aromatic N) is 1. The summed E-state index contributed by atoms with van der Waals surface area (Å²) in [5, 5.41) is 6.84. The average molecular weight is 565 g/mol. The monoisotopic (exact) mass is 564 g/mol. The zero-order chi connectivity index (χ0) is 29.3. The molecule has 1 atom stereocenters. The summed E-state index contributed by atoms with van der Waals surface area (Å²) in [7, 11) is 0. The molecule has 1 aromatic heterocycles.